The molecule has 25 heavy (non-hydrogen) atoms. The van der Waals surface area contributed by atoms with Gasteiger partial charge in [-0.05, 0) is 18.2 Å². The van der Waals surface area contributed by atoms with Gasteiger partial charge in [-0.1, -0.05) is 23.2 Å². The van der Waals surface area contributed by atoms with Crippen LogP contribution in [0.25, 0.3) is 0 Å². The molecule has 0 atom stereocenters. The molecule has 2 heterocycles. The van der Waals surface area contributed by atoms with Crippen LogP contribution in [0.15, 0.2) is 24.4 Å². The lowest BCUT2D eigenvalue weighted by Crippen LogP contribution is -2.46. The second-order valence-electron chi connectivity index (χ2n) is 5.79. The van der Waals surface area contributed by atoms with Crippen LogP contribution in [0.3, 0.4) is 0 Å². The van der Waals surface area contributed by atoms with Gasteiger partial charge in [-0.3, -0.25) is 4.90 Å². The van der Waals surface area contributed by atoms with E-state index in [-0.39, 0.29) is 21.5 Å². The Morgan fingerprint density at radius 2 is 1.72 bits per heavy atom. The first kappa shape index (κ1) is 17.6. The van der Waals surface area contributed by atoms with Crippen molar-refractivity contribution in [3.8, 4) is 17.6 Å². The lowest BCUT2D eigenvalue weighted by Gasteiger charge is -2.35. The van der Waals surface area contributed by atoms with Crippen LogP contribution in [0, 0.1) is 11.3 Å². The van der Waals surface area contributed by atoms with Gasteiger partial charge in [-0.2, -0.15) is 5.26 Å². The molecule has 1 aliphatic rings. The van der Waals surface area contributed by atoms with Crippen molar-refractivity contribution < 1.29 is 10.2 Å². The Morgan fingerprint density at radius 3 is 2.32 bits per heavy atom. The number of nitrogens with zero attached hydrogens (tertiary/aromatic N) is 4. The van der Waals surface area contributed by atoms with E-state index in [0.717, 1.165) is 18.9 Å². The molecule has 1 aromatic carbocycles. The molecule has 8 heteroatoms. The number of aromatic nitrogens is 1. The van der Waals surface area contributed by atoms with Gasteiger partial charge in [0.25, 0.3) is 0 Å². The topological polar surface area (TPSA) is 83.6 Å². The van der Waals surface area contributed by atoms with Crippen LogP contribution in [0.5, 0.6) is 11.5 Å². The van der Waals surface area contributed by atoms with E-state index in [1.165, 1.54) is 6.07 Å². The van der Waals surface area contributed by atoms with Gasteiger partial charge in [-0.15, -0.1) is 0 Å². The highest BCUT2D eigenvalue weighted by Crippen LogP contribution is 2.40. The fraction of sp³-hybridized carbons (Fsp3) is 0.294. The Hall–Kier alpha value is -2.20. The summed E-state index contributed by atoms with van der Waals surface area (Å²) < 4.78 is 0. The molecular weight excluding hydrogens is 363 g/mol. The number of piperazine rings is 1. The molecule has 3 rings (SSSR count). The van der Waals surface area contributed by atoms with Gasteiger partial charge in [0, 0.05) is 38.9 Å². The number of phenolic OH excluding ortho intramolecular Hbond substituents is 2. The maximum absolute atomic E-state index is 10.1. The summed E-state index contributed by atoms with van der Waals surface area (Å²) in [6.45, 7) is 3.20. The van der Waals surface area contributed by atoms with Crippen molar-refractivity contribution in [2.24, 2.45) is 0 Å². The van der Waals surface area contributed by atoms with Crippen LogP contribution in [0.4, 0.5) is 5.82 Å². The molecule has 0 aliphatic carbocycles. The summed E-state index contributed by atoms with van der Waals surface area (Å²) in [7, 11) is 0. The minimum atomic E-state index is -0.144. The van der Waals surface area contributed by atoms with Crippen molar-refractivity contribution in [3.05, 3.63) is 45.6 Å². The molecule has 0 radical (unpaired) electrons. The number of phenols is 2. The molecule has 6 nitrogen and oxygen atoms in total. The first-order valence-corrected chi connectivity index (χ1v) is 8.47. The van der Waals surface area contributed by atoms with Crippen molar-refractivity contribution in [2.45, 2.75) is 6.54 Å². The number of hydrogen-bond acceptors (Lipinski definition) is 6. The predicted octanol–water partition coefficient (Wildman–Crippen LogP) is 2.99. The fourth-order valence-electron chi connectivity index (χ4n) is 2.82. The van der Waals surface area contributed by atoms with Gasteiger partial charge in [0.15, 0.2) is 0 Å². The first-order valence-electron chi connectivity index (χ1n) is 7.72. The second-order valence-corrected chi connectivity index (χ2v) is 6.61. The zero-order chi connectivity index (χ0) is 18.0. The summed E-state index contributed by atoms with van der Waals surface area (Å²) in [6.07, 6.45) is 1.63. The maximum atomic E-state index is 10.1. The van der Waals surface area contributed by atoms with Gasteiger partial charge < -0.3 is 15.1 Å². The van der Waals surface area contributed by atoms with Crippen LogP contribution in [0.2, 0.25) is 10.0 Å². The Kier molecular flexibility index (Phi) is 5.19. The number of anilines is 1. The number of nitriles is 1. The summed E-state index contributed by atoms with van der Waals surface area (Å²) in [5.74, 6) is 0.485. The molecule has 130 valence electrons. The molecule has 1 saturated heterocycles. The molecule has 1 fully saturated rings. The van der Waals surface area contributed by atoms with E-state index in [4.69, 9.17) is 28.5 Å². The quantitative estimate of drug-likeness (QED) is 0.853. The third-order valence-electron chi connectivity index (χ3n) is 4.23. The van der Waals surface area contributed by atoms with E-state index in [1.807, 2.05) is 0 Å². The maximum Gasteiger partial charge on any atom is 0.142 e. The average Bonchev–Trinajstić information content (AvgIpc) is 2.64. The standard InChI is InChI=1S/C17H16Cl2N4O2/c18-13-8-14(19)17(25)12(16(13)24)10-22-3-5-23(6-4-22)15-7-11(9-20)1-2-21-15/h1-2,7-8,24-25H,3-6,10H2. The summed E-state index contributed by atoms with van der Waals surface area (Å²) in [5, 5.41) is 29.4. The molecule has 0 unspecified atom stereocenters. The summed E-state index contributed by atoms with van der Waals surface area (Å²) in [6, 6.07) is 6.88. The SMILES string of the molecule is N#Cc1ccnc(N2CCN(Cc3c(O)c(Cl)cc(Cl)c3O)CC2)c1. The van der Waals surface area contributed by atoms with Crippen molar-refractivity contribution in [3.63, 3.8) is 0 Å². The van der Waals surface area contributed by atoms with Gasteiger partial charge in [0.1, 0.15) is 17.3 Å². The summed E-state index contributed by atoms with van der Waals surface area (Å²) in [5.41, 5.74) is 0.909. The summed E-state index contributed by atoms with van der Waals surface area (Å²) >= 11 is 11.9. The monoisotopic (exact) mass is 378 g/mol. The third-order valence-corrected chi connectivity index (χ3v) is 4.81. The normalized spacial score (nSPS) is 15.2. The largest absolute Gasteiger partial charge is 0.506 e. The zero-order valence-electron chi connectivity index (χ0n) is 13.3. The molecular formula is C17H16Cl2N4O2. The first-order chi connectivity index (χ1) is 12.0. The van der Waals surface area contributed by atoms with Crippen LogP contribution in [-0.2, 0) is 6.54 Å². The molecule has 0 spiro atoms. The fourth-order valence-corrected chi connectivity index (χ4v) is 3.32. The third kappa shape index (κ3) is 3.74. The van der Waals surface area contributed by atoms with E-state index in [9.17, 15) is 10.2 Å². The molecule has 0 saturated carbocycles. The smallest absolute Gasteiger partial charge is 0.142 e. The Balaban J connectivity index is 1.68. The van der Waals surface area contributed by atoms with Gasteiger partial charge >= 0.3 is 0 Å². The lowest BCUT2D eigenvalue weighted by atomic mass is 10.1. The van der Waals surface area contributed by atoms with Crippen LogP contribution >= 0.6 is 23.2 Å². The number of halogens is 2. The van der Waals surface area contributed by atoms with E-state index < -0.39 is 0 Å². The van der Waals surface area contributed by atoms with E-state index in [0.29, 0.717) is 30.8 Å². The minimum Gasteiger partial charge on any atom is -0.506 e. The second kappa shape index (κ2) is 7.36. The summed E-state index contributed by atoms with van der Waals surface area (Å²) in [4.78, 5) is 8.50. The van der Waals surface area contributed by atoms with E-state index in [2.05, 4.69) is 20.9 Å². The molecule has 0 bridgehead atoms. The molecule has 1 aliphatic heterocycles. The number of pyridine rings is 1. The van der Waals surface area contributed by atoms with Crippen LogP contribution < -0.4 is 4.90 Å². The number of hydrogen-bond donors (Lipinski definition) is 2. The van der Waals surface area contributed by atoms with Crippen molar-refractivity contribution in [2.75, 3.05) is 31.1 Å². The van der Waals surface area contributed by atoms with Crippen LogP contribution in [-0.4, -0.2) is 46.3 Å². The average molecular weight is 379 g/mol. The van der Waals surface area contributed by atoms with Crippen molar-refractivity contribution in [1.82, 2.24) is 9.88 Å². The number of aromatic hydroxyl groups is 2. The predicted molar refractivity (Wildman–Crippen MR) is 96.2 cm³/mol. The number of benzene rings is 1. The Labute approximate surface area is 155 Å². The van der Waals surface area contributed by atoms with Gasteiger partial charge in [0.2, 0.25) is 0 Å². The minimum absolute atomic E-state index is 0.119. The highest BCUT2D eigenvalue weighted by Gasteiger charge is 2.22. The molecule has 2 aromatic rings. The van der Waals surface area contributed by atoms with E-state index in [1.54, 1.807) is 18.3 Å². The lowest BCUT2D eigenvalue weighted by molar-refractivity contribution is 0.243. The molecule has 1 aromatic heterocycles. The Bertz CT molecular complexity index is 804. The zero-order valence-corrected chi connectivity index (χ0v) is 14.8. The van der Waals surface area contributed by atoms with E-state index >= 15 is 0 Å². The molecule has 0 amide bonds. The number of rotatable bonds is 3. The molecule has 2 N–H and O–H groups in total. The van der Waals surface area contributed by atoms with Gasteiger partial charge in [0.05, 0.1) is 27.2 Å². The van der Waals surface area contributed by atoms with Crippen molar-refractivity contribution >= 4 is 29.0 Å². The highest BCUT2D eigenvalue weighted by atomic mass is 35.5. The van der Waals surface area contributed by atoms with Crippen LogP contribution in [0.1, 0.15) is 11.1 Å². The highest BCUT2D eigenvalue weighted by molar-refractivity contribution is 6.36. The Morgan fingerprint density at radius 1 is 1.08 bits per heavy atom. The van der Waals surface area contributed by atoms with Crippen molar-refractivity contribution in [1.29, 1.82) is 5.26 Å². The van der Waals surface area contributed by atoms with Gasteiger partial charge in [-0.25, -0.2) is 4.98 Å².